The lowest BCUT2D eigenvalue weighted by Crippen LogP contribution is -2.46. The molecule has 0 amide bonds. The zero-order chi connectivity index (χ0) is 15.0. The van der Waals surface area contributed by atoms with Gasteiger partial charge in [-0.1, -0.05) is 55.2 Å². The summed E-state index contributed by atoms with van der Waals surface area (Å²) >= 11 is 0. The van der Waals surface area contributed by atoms with Crippen LogP contribution in [-0.2, 0) is 5.54 Å². The second kappa shape index (κ2) is 8.02. The van der Waals surface area contributed by atoms with Gasteiger partial charge in [-0.25, -0.2) is 5.43 Å². The van der Waals surface area contributed by atoms with Crippen LogP contribution in [0.4, 0.5) is 0 Å². The molecule has 2 rings (SSSR count). The summed E-state index contributed by atoms with van der Waals surface area (Å²) in [4.78, 5) is 0. The van der Waals surface area contributed by atoms with E-state index in [-0.39, 0.29) is 5.54 Å². The van der Waals surface area contributed by atoms with Crippen LogP contribution in [0.3, 0.4) is 0 Å². The maximum absolute atomic E-state index is 3.47. The first-order valence-electron chi connectivity index (χ1n) is 7.92. The molecule has 1 unspecified atom stereocenters. The van der Waals surface area contributed by atoms with E-state index in [0.717, 1.165) is 19.3 Å². The minimum atomic E-state index is -0.0510. The molecule has 0 saturated heterocycles. The van der Waals surface area contributed by atoms with Gasteiger partial charge < -0.3 is 0 Å². The van der Waals surface area contributed by atoms with Gasteiger partial charge in [0, 0.05) is 12.8 Å². The number of hydrazine groups is 1. The molecule has 0 saturated carbocycles. The lowest BCUT2D eigenvalue weighted by molar-refractivity contribution is 0.294. The van der Waals surface area contributed by atoms with Crippen LogP contribution in [0.5, 0.6) is 0 Å². The molecule has 1 atom stereocenters. The predicted molar refractivity (Wildman–Crippen MR) is 90.5 cm³/mol. The summed E-state index contributed by atoms with van der Waals surface area (Å²) < 4.78 is 0. The number of allylic oxidation sites excluding steroid dienone is 1. The van der Waals surface area contributed by atoms with Crippen molar-refractivity contribution in [2.24, 2.45) is 0 Å². The van der Waals surface area contributed by atoms with Crippen LogP contribution >= 0.6 is 0 Å². The molecule has 0 radical (unpaired) electrons. The zero-order valence-electron chi connectivity index (χ0n) is 13.2. The van der Waals surface area contributed by atoms with Crippen molar-refractivity contribution in [1.29, 1.82) is 0 Å². The number of rotatable bonds is 2. The molecular formula is C19H26N2. The van der Waals surface area contributed by atoms with Crippen LogP contribution in [0.1, 0.15) is 56.6 Å². The summed E-state index contributed by atoms with van der Waals surface area (Å²) in [5, 5.41) is 0. The lowest BCUT2D eigenvalue weighted by Gasteiger charge is -2.33. The van der Waals surface area contributed by atoms with E-state index < -0.39 is 0 Å². The summed E-state index contributed by atoms with van der Waals surface area (Å²) in [6.45, 7) is 2.28. The van der Waals surface area contributed by atoms with Gasteiger partial charge in [0.15, 0.2) is 0 Å². The van der Waals surface area contributed by atoms with Crippen LogP contribution < -0.4 is 10.9 Å². The first-order valence-corrected chi connectivity index (χ1v) is 7.92. The Morgan fingerprint density at radius 1 is 1.10 bits per heavy atom. The van der Waals surface area contributed by atoms with Crippen molar-refractivity contribution in [3.8, 4) is 11.8 Å². The zero-order valence-corrected chi connectivity index (χ0v) is 13.2. The maximum Gasteiger partial charge on any atom is 0.0549 e. The molecule has 0 heterocycles. The van der Waals surface area contributed by atoms with Crippen LogP contribution in [0, 0.1) is 11.8 Å². The molecule has 0 aromatic heterocycles. The molecule has 2 N–H and O–H groups in total. The molecular weight excluding hydrogens is 256 g/mol. The van der Waals surface area contributed by atoms with Gasteiger partial charge in [0.1, 0.15) is 0 Å². The second-order valence-corrected chi connectivity index (χ2v) is 5.82. The van der Waals surface area contributed by atoms with Gasteiger partial charge in [0.05, 0.1) is 5.54 Å². The Labute approximate surface area is 129 Å². The van der Waals surface area contributed by atoms with Gasteiger partial charge in [-0.05, 0) is 37.9 Å². The number of benzene rings is 1. The largest absolute Gasteiger partial charge is 0.260 e. The van der Waals surface area contributed by atoms with Crippen molar-refractivity contribution < 1.29 is 0 Å². The third-order valence-electron chi connectivity index (χ3n) is 4.08. The van der Waals surface area contributed by atoms with Crippen LogP contribution in [-0.4, -0.2) is 7.05 Å². The molecule has 0 fully saturated rings. The van der Waals surface area contributed by atoms with Crippen molar-refractivity contribution >= 4 is 6.08 Å². The molecule has 1 aliphatic rings. The Hall–Kier alpha value is -1.56. The third kappa shape index (κ3) is 4.46. The van der Waals surface area contributed by atoms with Crippen molar-refractivity contribution in [2.75, 3.05) is 7.05 Å². The highest BCUT2D eigenvalue weighted by Gasteiger charge is 2.27. The number of nitrogens with one attached hydrogen (secondary N) is 2. The minimum Gasteiger partial charge on any atom is -0.260 e. The molecule has 0 bridgehead atoms. The van der Waals surface area contributed by atoms with Crippen LogP contribution in [0.25, 0.3) is 6.08 Å². The summed E-state index contributed by atoms with van der Waals surface area (Å²) in [5.41, 5.74) is 9.19. The number of hydrogen-bond donors (Lipinski definition) is 2. The monoisotopic (exact) mass is 282 g/mol. The van der Waals surface area contributed by atoms with Crippen molar-refractivity contribution in [3.63, 3.8) is 0 Å². The highest BCUT2D eigenvalue weighted by molar-refractivity contribution is 5.56. The Bertz CT molecular complexity index is 536. The number of fused-ring (bicyclic) bond motifs is 1. The van der Waals surface area contributed by atoms with Gasteiger partial charge in [-0.15, -0.1) is 5.92 Å². The molecule has 21 heavy (non-hydrogen) atoms. The van der Waals surface area contributed by atoms with E-state index in [1.807, 2.05) is 7.05 Å². The smallest absolute Gasteiger partial charge is 0.0549 e. The fourth-order valence-electron chi connectivity index (χ4n) is 2.96. The molecule has 0 spiro atoms. The van der Waals surface area contributed by atoms with Crippen LogP contribution in [0.2, 0.25) is 0 Å². The van der Waals surface area contributed by atoms with E-state index in [4.69, 9.17) is 0 Å². The van der Waals surface area contributed by atoms with E-state index in [1.54, 1.807) is 0 Å². The van der Waals surface area contributed by atoms with Crippen molar-refractivity contribution in [2.45, 2.75) is 51.0 Å². The van der Waals surface area contributed by atoms with E-state index in [0.29, 0.717) is 0 Å². The normalized spacial score (nSPS) is 24.5. The minimum absolute atomic E-state index is 0.0510. The van der Waals surface area contributed by atoms with Gasteiger partial charge >= 0.3 is 0 Å². The first-order chi connectivity index (χ1) is 10.3. The first kappa shape index (κ1) is 15.8. The lowest BCUT2D eigenvalue weighted by atomic mass is 9.84. The van der Waals surface area contributed by atoms with Gasteiger partial charge in [-0.2, -0.15) is 0 Å². The molecule has 1 aromatic carbocycles. The number of hydrogen-bond acceptors (Lipinski definition) is 2. The van der Waals surface area contributed by atoms with Gasteiger partial charge in [0.2, 0.25) is 0 Å². The highest BCUT2D eigenvalue weighted by Crippen LogP contribution is 2.30. The summed E-state index contributed by atoms with van der Waals surface area (Å²) in [6, 6.07) is 8.65. The topological polar surface area (TPSA) is 24.1 Å². The molecule has 0 aliphatic heterocycles. The fourth-order valence-corrected chi connectivity index (χ4v) is 2.96. The Morgan fingerprint density at radius 3 is 2.81 bits per heavy atom. The Morgan fingerprint density at radius 2 is 1.95 bits per heavy atom. The average molecular weight is 282 g/mol. The van der Waals surface area contributed by atoms with Crippen LogP contribution in [0.15, 0.2) is 30.3 Å². The quantitative estimate of drug-likeness (QED) is 0.633. The van der Waals surface area contributed by atoms with E-state index >= 15 is 0 Å². The summed E-state index contributed by atoms with van der Waals surface area (Å²) in [7, 11) is 1.94. The summed E-state index contributed by atoms with van der Waals surface area (Å²) in [5.74, 6) is 6.50. The second-order valence-electron chi connectivity index (χ2n) is 5.82. The Balaban J connectivity index is 2.35. The van der Waals surface area contributed by atoms with Crippen molar-refractivity contribution in [1.82, 2.24) is 10.9 Å². The standard InChI is InChI=1S/C19H26N2/c1-19(21-20-2)16-12-8-6-4-3-5-7-9-13-17-14-10-11-15-18(17)19/h9-11,13-15,20-21H,4,6-8,12,16H2,1-2H3/b13-9-. The predicted octanol–water partition coefficient (Wildman–Crippen LogP) is 4.00. The fraction of sp³-hybridized carbons (Fsp3) is 0.474. The highest BCUT2D eigenvalue weighted by atomic mass is 15.4. The summed E-state index contributed by atoms with van der Waals surface area (Å²) in [6.07, 6.45) is 11.0. The SMILES string of the molecule is CNNC1(C)CCCCCC#CC/C=C\c2ccccc21. The van der Waals surface area contributed by atoms with E-state index in [2.05, 4.69) is 66.0 Å². The van der Waals surface area contributed by atoms with E-state index in [1.165, 1.54) is 30.4 Å². The van der Waals surface area contributed by atoms with E-state index in [9.17, 15) is 0 Å². The molecule has 112 valence electrons. The third-order valence-corrected chi connectivity index (χ3v) is 4.08. The Kier molecular flexibility index (Phi) is 6.04. The van der Waals surface area contributed by atoms with Gasteiger partial charge in [-0.3, -0.25) is 5.43 Å². The van der Waals surface area contributed by atoms with Gasteiger partial charge in [0.25, 0.3) is 0 Å². The average Bonchev–Trinajstić information content (AvgIpc) is 2.50. The molecule has 2 nitrogen and oxygen atoms in total. The maximum atomic E-state index is 3.47. The molecule has 1 aliphatic carbocycles. The van der Waals surface area contributed by atoms with Crippen molar-refractivity contribution in [3.05, 3.63) is 41.5 Å². The molecule has 1 aromatic rings. The molecule has 2 heteroatoms.